The van der Waals surface area contributed by atoms with Crippen molar-refractivity contribution in [3.8, 4) is 11.3 Å². The molecule has 0 fully saturated rings. The van der Waals surface area contributed by atoms with Gasteiger partial charge in [0.1, 0.15) is 17.6 Å². The predicted molar refractivity (Wildman–Crippen MR) is 111 cm³/mol. The highest BCUT2D eigenvalue weighted by molar-refractivity contribution is 7.05. The SMILES string of the molecule is O=C1C(Cc2cnns2)Nc2c(Cc3ccccc3)nc(-c3ccccc3)c[n+]21. The van der Waals surface area contributed by atoms with Crippen molar-refractivity contribution in [2.75, 3.05) is 5.32 Å². The Morgan fingerprint density at radius 1 is 1.03 bits per heavy atom. The van der Waals surface area contributed by atoms with E-state index in [9.17, 15) is 4.79 Å². The van der Waals surface area contributed by atoms with Crippen LogP contribution in [-0.4, -0.2) is 26.5 Å². The highest BCUT2D eigenvalue weighted by Gasteiger charge is 2.41. The lowest BCUT2D eigenvalue weighted by atomic mass is 10.1. The van der Waals surface area contributed by atoms with Crippen LogP contribution in [0.5, 0.6) is 0 Å². The minimum absolute atomic E-state index is 0.0160. The van der Waals surface area contributed by atoms with E-state index < -0.39 is 0 Å². The van der Waals surface area contributed by atoms with E-state index in [0.717, 1.165) is 33.2 Å². The topological polar surface area (TPSA) is 71.7 Å². The van der Waals surface area contributed by atoms with Crippen molar-refractivity contribution in [1.29, 1.82) is 0 Å². The lowest BCUT2D eigenvalue weighted by Crippen LogP contribution is -2.44. The van der Waals surface area contributed by atoms with Gasteiger partial charge in [0.25, 0.3) is 0 Å². The maximum absolute atomic E-state index is 13.1. The summed E-state index contributed by atoms with van der Waals surface area (Å²) < 4.78 is 5.61. The zero-order chi connectivity index (χ0) is 19.6. The van der Waals surface area contributed by atoms with Crippen molar-refractivity contribution in [1.82, 2.24) is 14.6 Å². The molecule has 3 heterocycles. The van der Waals surface area contributed by atoms with Gasteiger partial charge in [-0.1, -0.05) is 65.2 Å². The van der Waals surface area contributed by atoms with Gasteiger partial charge in [-0.05, 0) is 17.1 Å². The maximum atomic E-state index is 13.1. The quantitative estimate of drug-likeness (QED) is 0.521. The van der Waals surface area contributed by atoms with Crippen LogP contribution in [0.2, 0.25) is 0 Å². The van der Waals surface area contributed by atoms with Crippen LogP contribution in [0.15, 0.2) is 73.1 Å². The lowest BCUT2D eigenvalue weighted by molar-refractivity contribution is -0.552. The Hall–Kier alpha value is -3.45. The van der Waals surface area contributed by atoms with Crippen LogP contribution in [-0.2, 0) is 12.8 Å². The predicted octanol–water partition coefficient (Wildman–Crippen LogP) is 3.16. The van der Waals surface area contributed by atoms with Crippen LogP contribution < -0.4 is 9.88 Å². The second-order valence-electron chi connectivity index (χ2n) is 6.94. The van der Waals surface area contributed by atoms with Crippen LogP contribution in [0.1, 0.15) is 20.9 Å². The number of nitrogens with zero attached hydrogens (tertiary/aromatic N) is 4. The summed E-state index contributed by atoms with van der Waals surface area (Å²) in [5, 5.41) is 7.27. The van der Waals surface area contributed by atoms with Gasteiger partial charge in [0.15, 0.2) is 6.04 Å². The van der Waals surface area contributed by atoms with Gasteiger partial charge in [0, 0.05) is 18.4 Å². The number of nitrogens with one attached hydrogen (secondary N) is 1. The minimum Gasteiger partial charge on any atom is -0.258 e. The lowest BCUT2D eigenvalue weighted by Gasteiger charge is -2.07. The number of benzene rings is 2. The number of fused-ring (bicyclic) bond motifs is 1. The summed E-state index contributed by atoms with van der Waals surface area (Å²) in [5.74, 6) is 0.781. The van der Waals surface area contributed by atoms with E-state index in [4.69, 9.17) is 4.98 Å². The fourth-order valence-electron chi connectivity index (χ4n) is 3.55. The van der Waals surface area contributed by atoms with Crippen LogP contribution in [0.4, 0.5) is 5.82 Å². The van der Waals surface area contributed by atoms with E-state index in [1.54, 1.807) is 10.8 Å². The first-order valence-corrected chi connectivity index (χ1v) is 10.2. The molecular weight excluding hydrogens is 382 g/mol. The summed E-state index contributed by atoms with van der Waals surface area (Å²) in [6.45, 7) is 0. The summed E-state index contributed by atoms with van der Waals surface area (Å²) >= 11 is 1.32. The van der Waals surface area contributed by atoms with Crippen LogP contribution in [0.25, 0.3) is 11.3 Å². The molecule has 1 atom stereocenters. The van der Waals surface area contributed by atoms with E-state index >= 15 is 0 Å². The van der Waals surface area contributed by atoms with Gasteiger partial charge in [0.05, 0.1) is 11.1 Å². The van der Waals surface area contributed by atoms with Gasteiger partial charge in [0.2, 0.25) is 0 Å². The minimum atomic E-state index is -0.348. The van der Waals surface area contributed by atoms with Crippen molar-refractivity contribution in [3.63, 3.8) is 0 Å². The number of aromatic nitrogens is 4. The van der Waals surface area contributed by atoms with E-state index in [0.29, 0.717) is 12.8 Å². The zero-order valence-electron chi connectivity index (χ0n) is 15.5. The maximum Gasteiger partial charge on any atom is 0.359 e. The summed E-state index contributed by atoms with van der Waals surface area (Å²) in [6.07, 6.45) is 4.75. The molecule has 0 aliphatic carbocycles. The molecule has 5 rings (SSSR count). The Morgan fingerprint density at radius 3 is 2.52 bits per heavy atom. The number of rotatable bonds is 5. The molecule has 0 amide bonds. The summed E-state index contributed by atoms with van der Waals surface area (Å²) in [6, 6.07) is 19.8. The number of hydrogen-bond acceptors (Lipinski definition) is 6. The standard InChI is InChI=1S/C22H17N5OS/c28-22-19(12-17-13-23-26-29-17)25-21-18(11-15-7-3-1-4-8-15)24-20(14-27(21)22)16-9-5-2-6-10-16/h1-10,13-14,19H,11-12H2/p+1. The number of hydrogen-bond donors (Lipinski definition) is 1. The van der Waals surface area contributed by atoms with Gasteiger partial charge >= 0.3 is 11.7 Å². The van der Waals surface area contributed by atoms with E-state index in [1.165, 1.54) is 11.5 Å². The van der Waals surface area contributed by atoms with Crippen molar-refractivity contribution in [2.24, 2.45) is 0 Å². The van der Waals surface area contributed by atoms with Crippen molar-refractivity contribution >= 4 is 23.3 Å². The van der Waals surface area contributed by atoms with E-state index in [1.807, 2.05) is 54.7 Å². The summed E-state index contributed by atoms with van der Waals surface area (Å²) in [5.41, 5.74) is 3.78. The fourth-order valence-corrected chi connectivity index (χ4v) is 4.09. The fraction of sp³-hybridized carbons (Fsp3) is 0.136. The number of anilines is 1. The Bertz CT molecular complexity index is 1150. The highest BCUT2D eigenvalue weighted by Crippen LogP contribution is 2.25. The molecule has 0 saturated heterocycles. The first kappa shape index (κ1) is 17.6. The summed E-state index contributed by atoms with van der Waals surface area (Å²) in [7, 11) is 0. The molecule has 0 bridgehead atoms. The number of carbonyl (C=O) groups excluding carboxylic acids is 1. The van der Waals surface area contributed by atoms with Crippen LogP contribution in [0, 0.1) is 0 Å². The average molecular weight is 400 g/mol. The Balaban J connectivity index is 1.56. The van der Waals surface area contributed by atoms with Gasteiger partial charge in [-0.25, -0.2) is 9.78 Å². The Morgan fingerprint density at radius 2 is 1.79 bits per heavy atom. The van der Waals surface area contributed by atoms with Crippen molar-refractivity contribution < 1.29 is 9.36 Å². The third kappa shape index (κ3) is 3.52. The molecule has 6 nitrogen and oxygen atoms in total. The largest absolute Gasteiger partial charge is 0.359 e. The molecule has 2 aromatic heterocycles. The zero-order valence-corrected chi connectivity index (χ0v) is 16.3. The third-order valence-corrected chi connectivity index (χ3v) is 5.65. The van der Waals surface area contributed by atoms with Crippen LogP contribution >= 0.6 is 11.5 Å². The Labute approximate surface area is 172 Å². The van der Waals surface area contributed by atoms with Crippen molar-refractivity contribution in [2.45, 2.75) is 18.9 Å². The second kappa shape index (κ2) is 7.52. The normalized spacial score (nSPS) is 15.2. The van der Waals surface area contributed by atoms with E-state index in [-0.39, 0.29) is 11.9 Å². The molecule has 0 spiro atoms. The van der Waals surface area contributed by atoms with Gasteiger partial charge in [-0.15, -0.1) is 5.10 Å². The van der Waals surface area contributed by atoms with E-state index in [2.05, 4.69) is 27.0 Å². The second-order valence-corrected chi connectivity index (χ2v) is 7.81. The molecule has 1 N–H and O–H groups in total. The molecule has 1 unspecified atom stereocenters. The van der Waals surface area contributed by atoms with Gasteiger partial charge in [-0.2, -0.15) is 4.57 Å². The molecule has 0 radical (unpaired) electrons. The van der Waals surface area contributed by atoms with Gasteiger partial charge in [-0.3, -0.25) is 5.32 Å². The monoisotopic (exact) mass is 400 g/mol. The smallest absolute Gasteiger partial charge is 0.258 e. The van der Waals surface area contributed by atoms with Crippen molar-refractivity contribution in [3.05, 3.63) is 89.2 Å². The molecule has 29 heavy (non-hydrogen) atoms. The van der Waals surface area contributed by atoms with Gasteiger partial charge < -0.3 is 0 Å². The average Bonchev–Trinajstić information content (AvgIpc) is 3.38. The molecular formula is C22H18N5OS+. The molecule has 1 aliphatic heterocycles. The van der Waals surface area contributed by atoms with Crippen LogP contribution in [0.3, 0.4) is 0 Å². The first-order valence-electron chi connectivity index (χ1n) is 9.40. The molecule has 2 aromatic carbocycles. The number of carbonyl (C=O) groups is 1. The molecule has 142 valence electrons. The first-order chi connectivity index (χ1) is 14.3. The molecule has 4 aromatic rings. The third-order valence-electron chi connectivity index (χ3n) is 4.96. The molecule has 1 aliphatic rings. The molecule has 7 heteroatoms. The highest BCUT2D eigenvalue weighted by atomic mass is 32.1. The molecule has 0 saturated carbocycles. The summed E-state index contributed by atoms with van der Waals surface area (Å²) in [4.78, 5) is 19.0. The Kier molecular flexibility index (Phi) is 4.57.